The number of amides is 1. The number of halogens is 2. The fourth-order valence-electron chi connectivity index (χ4n) is 1.50. The lowest BCUT2D eigenvalue weighted by Gasteiger charge is -2.19. The first-order chi connectivity index (χ1) is 8.99. The first kappa shape index (κ1) is 15.4. The van der Waals surface area contributed by atoms with Crippen LogP contribution in [0.1, 0.15) is 24.2 Å². The van der Waals surface area contributed by atoms with E-state index >= 15 is 0 Å². The third kappa shape index (κ3) is 4.21. The van der Waals surface area contributed by atoms with Gasteiger partial charge in [0.2, 0.25) is 0 Å². The van der Waals surface area contributed by atoms with Gasteiger partial charge in [0.1, 0.15) is 12.4 Å². The zero-order valence-electron chi connectivity index (χ0n) is 10.8. The smallest absolute Gasteiger partial charge is 0.325 e. The first-order valence-corrected chi connectivity index (χ1v) is 6.27. The van der Waals surface area contributed by atoms with Crippen LogP contribution in [0.15, 0.2) is 18.2 Å². The molecule has 6 heteroatoms. The molecule has 0 fully saturated rings. The summed E-state index contributed by atoms with van der Waals surface area (Å²) in [6, 6.07) is 3.69. The molecule has 0 atom stereocenters. The molecule has 0 spiro atoms. The van der Waals surface area contributed by atoms with Crippen molar-refractivity contribution >= 4 is 23.5 Å². The van der Waals surface area contributed by atoms with Crippen LogP contribution >= 0.6 is 11.6 Å². The van der Waals surface area contributed by atoms with Gasteiger partial charge in [-0.1, -0.05) is 11.6 Å². The van der Waals surface area contributed by atoms with Crippen molar-refractivity contribution in [2.24, 2.45) is 0 Å². The van der Waals surface area contributed by atoms with Gasteiger partial charge in [0.25, 0.3) is 5.91 Å². The van der Waals surface area contributed by atoms with E-state index in [2.05, 4.69) is 0 Å². The maximum absolute atomic E-state index is 13.0. The van der Waals surface area contributed by atoms with E-state index in [1.807, 2.05) is 0 Å². The summed E-state index contributed by atoms with van der Waals surface area (Å²) in [7, 11) is 0. The normalized spacial score (nSPS) is 10.1. The Balaban J connectivity index is 2.83. The summed E-state index contributed by atoms with van der Waals surface area (Å²) in [4.78, 5) is 24.8. The van der Waals surface area contributed by atoms with Gasteiger partial charge in [0.05, 0.1) is 11.6 Å². The number of esters is 1. The number of nitrogens with zero attached hydrogens (tertiary/aromatic N) is 1. The molecule has 1 aromatic carbocycles. The van der Waals surface area contributed by atoms with Crippen molar-refractivity contribution in [3.63, 3.8) is 0 Å². The van der Waals surface area contributed by atoms with Gasteiger partial charge in [-0.2, -0.15) is 0 Å². The Labute approximate surface area is 116 Å². The minimum atomic E-state index is -0.591. The Hall–Kier alpha value is -1.62. The lowest BCUT2D eigenvalue weighted by Crippen LogP contribution is -2.36. The lowest BCUT2D eigenvalue weighted by atomic mass is 10.2. The number of benzene rings is 1. The van der Waals surface area contributed by atoms with Crippen LogP contribution in [-0.2, 0) is 9.53 Å². The van der Waals surface area contributed by atoms with Crippen molar-refractivity contribution in [3.8, 4) is 0 Å². The molecule has 104 valence electrons. The van der Waals surface area contributed by atoms with Gasteiger partial charge >= 0.3 is 5.97 Å². The summed E-state index contributed by atoms with van der Waals surface area (Å²) in [5.74, 6) is -1.46. The van der Waals surface area contributed by atoms with Crippen LogP contribution < -0.4 is 0 Å². The Morgan fingerprint density at radius 1 is 1.37 bits per heavy atom. The van der Waals surface area contributed by atoms with E-state index < -0.39 is 17.7 Å². The molecule has 0 heterocycles. The molecule has 19 heavy (non-hydrogen) atoms. The molecule has 1 aromatic rings. The van der Waals surface area contributed by atoms with Crippen molar-refractivity contribution in [3.05, 3.63) is 34.6 Å². The number of likely N-dealkylation sites (N-methyl/N-ethyl adjacent to an activating group) is 1. The van der Waals surface area contributed by atoms with Crippen molar-refractivity contribution in [2.75, 3.05) is 19.7 Å². The maximum atomic E-state index is 13.0. The van der Waals surface area contributed by atoms with Gasteiger partial charge in [0.15, 0.2) is 0 Å². The van der Waals surface area contributed by atoms with Crippen LogP contribution in [0, 0.1) is 5.82 Å². The molecule has 4 nitrogen and oxygen atoms in total. The topological polar surface area (TPSA) is 46.6 Å². The zero-order chi connectivity index (χ0) is 14.4. The summed E-state index contributed by atoms with van der Waals surface area (Å²) in [6.45, 7) is 3.88. The highest BCUT2D eigenvalue weighted by atomic mass is 35.5. The second-order valence-corrected chi connectivity index (χ2v) is 4.16. The predicted molar refractivity (Wildman–Crippen MR) is 69.6 cm³/mol. The van der Waals surface area contributed by atoms with Crippen LogP contribution in [0.4, 0.5) is 4.39 Å². The highest BCUT2D eigenvalue weighted by Gasteiger charge is 2.18. The molecule has 0 aliphatic rings. The molecular formula is C13H15ClFNO3. The van der Waals surface area contributed by atoms with Crippen molar-refractivity contribution in [2.45, 2.75) is 13.8 Å². The molecular weight excluding hydrogens is 273 g/mol. The van der Waals surface area contributed by atoms with Crippen LogP contribution in [0.5, 0.6) is 0 Å². The van der Waals surface area contributed by atoms with Crippen LogP contribution in [-0.4, -0.2) is 36.5 Å². The summed E-state index contributed by atoms with van der Waals surface area (Å²) >= 11 is 5.62. The third-order valence-electron chi connectivity index (χ3n) is 2.46. The van der Waals surface area contributed by atoms with Gasteiger partial charge in [0, 0.05) is 12.1 Å². The van der Waals surface area contributed by atoms with Crippen molar-refractivity contribution in [1.82, 2.24) is 4.90 Å². The Kier molecular flexibility index (Phi) is 5.76. The van der Waals surface area contributed by atoms with Crippen LogP contribution in [0.2, 0.25) is 5.02 Å². The average molecular weight is 288 g/mol. The van der Waals surface area contributed by atoms with Gasteiger partial charge in [-0.05, 0) is 32.0 Å². The molecule has 1 amide bonds. The summed E-state index contributed by atoms with van der Waals surface area (Å²) in [6.07, 6.45) is 0. The average Bonchev–Trinajstić information content (AvgIpc) is 2.38. The quantitative estimate of drug-likeness (QED) is 0.782. The standard InChI is InChI=1S/C13H15ClFNO3/c1-3-16(8-12(17)19-4-2)13(18)9-5-6-11(15)10(14)7-9/h5-7H,3-4,8H2,1-2H3. The fourth-order valence-corrected chi connectivity index (χ4v) is 1.68. The number of hydrogen-bond acceptors (Lipinski definition) is 3. The third-order valence-corrected chi connectivity index (χ3v) is 2.75. The Morgan fingerprint density at radius 3 is 2.58 bits per heavy atom. The summed E-state index contributed by atoms with van der Waals surface area (Å²) in [5, 5.41) is -0.127. The van der Waals surface area contributed by atoms with Crippen molar-refractivity contribution < 1.29 is 18.7 Å². The van der Waals surface area contributed by atoms with E-state index in [1.54, 1.807) is 13.8 Å². The van der Waals surface area contributed by atoms with Crippen molar-refractivity contribution in [1.29, 1.82) is 0 Å². The molecule has 0 saturated carbocycles. The molecule has 0 saturated heterocycles. The number of carbonyl (C=O) groups is 2. The molecule has 0 aliphatic carbocycles. The summed E-state index contributed by atoms with van der Waals surface area (Å²) in [5.41, 5.74) is 0.234. The second kappa shape index (κ2) is 7.09. The van der Waals surface area contributed by atoms with E-state index in [0.29, 0.717) is 6.54 Å². The van der Waals surface area contributed by atoms with Crippen LogP contribution in [0.3, 0.4) is 0 Å². The maximum Gasteiger partial charge on any atom is 0.325 e. The number of ether oxygens (including phenoxy) is 1. The van der Waals surface area contributed by atoms with Gasteiger partial charge in [-0.25, -0.2) is 4.39 Å². The molecule has 1 rings (SSSR count). The second-order valence-electron chi connectivity index (χ2n) is 3.75. The SMILES string of the molecule is CCOC(=O)CN(CC)C(=O)c1ccc(F)c(Cl)c1. The molecule has 0 bridgehead atoms. The van der Waals surface area contributed by atoms with E-state index in [9.17, 15) is 14.0 Å². The molecule has 0 aromatic heterocycles. The van der Waals surface area contributed by atoms with Gasteiger partial charge in [-0.3, -0.25) is 9.59 Å². The fraction of sp³-hybridized carbons (Fsp3) is 0.385. The predicted octanol–water partition coefficient (Wildman–Crippen LogP) is 2.50. The van der Waals surface area contributed by atoms with E-state index in [-0.39, 0.29) is 23.7 Å². The molecule has 0 aliphatic heterocycles. The Morgan fingerprint density at radius 2 is 2.05 bits per heavy atom. The minimum absolute atomic E-state index is 0.127. The van der Waals surface area contributed by atoms with E-state index in [0.717, 1.165) is 6.07 Å². The molecule has 0 unspecified atom stereocenters. The van der Waals surface area contributed by atoms with E-state index in [1.165, 1.54) is 17.0 Å². The first-order valence-electron chi connectivity index (χ1n) is 5.89. The minimum Gasteiger partial charge on any atom is -0.465 e. The summed E-state index contributed by atoms with van der Waals surface area (Å²) < 4.78 is 17.8. The van der Waals surface area contributed by atoms with Gasteiger partial charge in [-0.15, -0.1) is 0 Å². The van der Waals surface area contributed by atoms with Crippen LogP contribution in [0.25, 0.3) is 0 Å². The molecule has 0 radical (unpaired) electrons. The number of rotatable bonds is 5. The van der Waals surface area contributed by atoms with Gasteiger partial charge < -0.3 is 9.64 Å². The lowest BCUT2D eigenvalue weighted by molar-refractivity contribution is -0.143. The van der Waals surface area contributed by atoms with E-state index in [4.69, 9.17) is 16.3 Å². The Bertz CT molecular complexity index is 479. The number of hydrogen-bond donors (Lipinski definition) is 0. The highest BCUT2D eigenvalue weighted by Crippen LogP contribution is 2.17. The number of carbonyl (C=O) groups excluding carboxylic acids is 2. The zero-order valence-corrected chi connectivity index (χ0v) is 11.5. The molecule has 0 N–H and O–H groups in total. The highest BCUT2D eigenvalue weighted by molar-refractivity contribution is 6.31. The largest absolute Gasteiger partial charge is 0.465 e. The monoisotopic (exact) mass is 287 g/mol.